The summed E-state index contributed by atoms with van der Waals surface area (Å²) in [5.74, 6) is 0. The van der Waals surface area contributed by atoms with Crippen LogP contribution in [0, 0.1) is 0 Å². The van der Waals surface area contributed by atoms with Gasteiger partial charge in [-0.1, -0.05) is 36.4 Å². The molecule has 0 unspecified atom stereocenters. The molecule has 0 aliphatic heterocycles. The van der Waals surface area contributed by atoms with Gasteiger partial charge in [-0.05, 0) is 24.3 Å². The van der Waals surface area contributed by atoms with E-state index in [0.717, 1.165) is 11.4 Å². The number of alkyl halides is 1. The van der Waals surface area contributed by atoms with E-state index < -0.39 is 0 Å². The Morgan fingerprint density at radius 3 is 1.47 bits per heavy atom. The van der Waals surface area contributed by atoms with Gasteiger partial charge in [-0.15, -0.1) is 24.0 Å². The van der Waals surface area contributed by atoms with Crippen LogP contribution in [-0.4, -0.2) is 17.8 Å². The highest BCUT2D eigenvalue weighted by Gasteiger charge is 1.95. The van der Waals surface area contributed by atoms with Gasteiger partial charge in [-0.25, -0.2) is 0 Å². The lowest BCUT2D eigenvalue weighted by Crippen LogP contribution is -2.00. The van der Waals surface area contributed by atoms with Crippen molar-refractivity contribution in [2.45, 2.75) is 5.38 Å². The van der Waals surface area contributed by atoms with Crippen LogP contribution in [-0.2, 0) is 0 Å². The van der Waals surface area contributed by atoms with Crippen molar-refractivity contribution in [2.24, 2.45) is 9.98 Å². The van der Waals surface area contributed by atoms with Crippen LogP contribution >= 0.6 is 24.0 Å². The summed E-state index contributed by atoms with van der Waals surface area (Å²) in [5.41, 5.74) is 1.77. The van der Waals surface area contributed by atoms with Crippen LogP contribution in [0.1, 0.15) is 0 Å². The Morgan fingerprint density at radius 1 is 0.737 bits per heavy atom. The highest BCUT2D eigenvalue weighted by atomic mass is 35.5. The fraction of sp³-hybridized carbons (Fsp3) is 0.0667. The first-order valence-corrected chi connectivity index (χ1v) is 6.11. The number of para-hydroxylation sites is 2. The van der Waals surface area contributed by atoms with Crippen molar-refractivity contribution >= 4 is 47.8 Å². The number of halogens is 2. The van der Waals surface area contributed by atoms with Gasteiger partial charge in [0.1, 0.15) is 5.38 Å². The molecular weight excluding hydrogens is 279 g/mol. The summed E-state index contributed by atoms with van der Waals surface area (Å²) < 4.78 is 0. The molecule has 0 fully saturated rings. The van der Waals surface area contributed by atoms with Crippen LogP contribution in [0.3, 0.4) is 0 Å². The molecule has 0 spiro atoms. The minimum Gasteiger partial charge on any atom is -0.259 e. The topological polar surface area (TPSA) is 24.7 Å². The first kappa shape index (κ1) is 15.4. The maximum absolute atomic E-state index is 6.08. The molecular formula is C15H14Cl2N2. The Balaban J connectivity index is 0.00000180. The third-order valence-corrected chi connectivity index (χ3v) is 2.47. The monoisotopic (exact) mass is 292 g/mol. The molecule has 0 aliphatic rings. The fourth-order valence-corrected chi connectivity index (χ4v) is 1.49. The van der Waals surface area contributed by atoms with Crippen molar-refractivity contribution < 1.29 is 0 Å². The van der Waals surface area contributed by atoms with E-state index >= 15 is 0 Å². The normalized spacial score (nSPS) is 12.5. The molecule has 0 heterocycles. The average Bonchev–Trinajstić information content (AvgIpc) is 2.45. The second-order valence-electron chi connectivity index (χ2n) is 3.67. The molecule has 0 aliphatic carbocycles. The Bertz CT molecular complexity index is 475. The summed E-state index contributed by atoms with van der Waals surface area (Å²) in [6.45, 7) is 0. The average molecular weight is 293 g/mol. The maximum Gasteiger partial charge on any atom is 0.104 e. The highest BCUT2D eigenvalue weighted by molar-refractivity contribution is 6.36. The van der Waals surface area contributed by atoms with Crippen LogP contribution in [0.2, 0.25) is 0 Å². The lowest BCUT2D eigenvalue weighted by molar-refractivity contribution is 1.48. The number of nitrogens with zero attached hydrogens (tertiary/aromatic N) is 2. The van der Waals surface area contributed by atoms with Crippen LogP contribution < -0.4 is 0 Å². The number of hydrogen-bond acceptors (Lipinski definition) is 2. The van der Waals surface area contributed by atoms with Crippen LogP contribution in [0.4, 0.5) is 11.4 Å². The van der Waals surface area contributed by atoms with Crippen LogP contribution in [0.25, 0.3) is 0 Å². The van der Waals surface area contributed by atoms with E-state index in [9.17, 15) is 0 Å². The SMILES string of the molecule is Cl.ClC(C=Nc1ccccc1)C=Nc1ccccc1. The van der Waals surface area contributed by atoms with Gasteiger partial charge >= 0.3 is 0 Å². The van der Waals surface area contributed by atoms with E-state index in [1.807, 2.05) is 60.7 Å². The molecule has 0 atom stereocenters. The van der Waals surface area contributed by atoms with E-state index in [4.69, 9.17) is 11.6 Å². The molecule has 0 radical (unpaired) electrons. The number of benzene rings is 2. The molecule has 19 heavy (non-hydrogen) atoms. The van der Waals surface area contributed by atoms with Gasteiger partial charge in [0.25, 0.3) is 0 Å². The highest BCUT2D eigenvalue weighted by Crippen LogP contribution is 2.11. The molecule has 0 bridgehead atoms. The molecule has 2 aromatic carbocycles. The van der Waals surface area contributed by atoms with Crippen LogP contribution in [0.5, 0.6) is 0 Å². The van der Waals surface area contributed by atoms with Gasteiger partial charge in [-0.3, -0.25) is 9.98 Å². The van der Waals surface area contributed by atoms with E-state index in [1.54, 1.807) is 12.4 Å². The Morgan fingerprint density at radius 2 is 1.11 bits per heavy atom. The Hall–Kier alpha value is -1.64. The quantitative estimate of drug-likeness (QED) is 0.570. The van der Waals surface area contributed by atoms with Crippen molar-refractivity contribution in [2.75, 3.05) is 0 Å². The van der Waals surface area contributed by atoms with Gasteiger partial charge in [0.2, 0.25) is 0 Å². The van der Waals surface area contributed by atoms with Crippen LogP contribution in [0.15, 0.2) is 70.6 Å². The summed E-state index contributed by atoms with van der Waals surface area (Å²) in [4.78, 5) is 8.54. The summed E-state index contributed by atoms with van der Waals surface area (Å²) in [5, 5.41) is -0.314. The molecule has 0 N–H and O–H groups in total. The third-order valence-electron chi connectivity index (χ3n) is 2.24. The van der Waals surface area contributed by atoms with Crippen molar-refractivity contribution in [1.82, 2.24) is 0 Å². The number of hydrogen-bond donors (Lipinski definition) is 0. The molecule has 0 aromatic heterocycles. The van der Waals surface area contributed by atoms with Gasteiger partial charge in [0.15, 0.2) is 0 Å². The zero-order valence-electron chi connectivity index (χ0n) is 10.2. The summed E-state index contributed by atoms with van der Waals surface area (Å²) in [7, 11) is 0. The molecule has 2 rings (SSSR count). The largest absolute Gasteiger partial charge is 0.259 e. The molecule has 0 amide bonds. The predicted octanol–water partition coefficient (Wildman–Crippen LogP) is 4.82. The Kier molecular flexibility index (Phi) is 6.86. The Labute approximate surface area is 124 Å². The van der Waals surface area contributed by atoms with E-state index in [0.29, 0.717) is 0 Å². The van der Waals surface area contributed by atoms with Crippen molar-refractivity contribution in [3.63, 3.8) is 0 Å². The first-order valence-electron chi connectivity index (χ1n) is 5.67. The summed E-state index contributed by atoms with van der Waals surface area (Å²) >= 11 is 6.08. The van der Waals surface area contributed by atoms with E-state index in [-0.39, 0.29) is 17.8 Å². The summed E-state index contributed by atoms with van der Waals surface area (Å²) in [6.07, 6.45) is 3.34. The van der Waals surface area contributed by atoms with Gasteiger partial charge in [0.05, 0.1) is 11.4 Å². The second kappa shape index (κ2) is 8.46. The standard InChI is InChI=1S/C15H13ClN2.ClH/c16-13(11-17-14-7-3-1-4-8-14)12-18-15-9-5-2-6-10-15;/h1-13H;1H. The zero-order valence-corrected chi connectivity index (χ0v) is 11.8. The number of aliphatic imine (C=N–C) groups is 2. The van der Waals surface area contributed by atoms with Crippen molar-refractivity contribution in [3.8, 4) is 0 Å². The number of rotatable bonds is 4. The molecule has 98 valence electrons. The maximum atomic E-state index is 6.08. The lowest BCUT2D eigenvalue weighted by Gasteiger charge is -1.96. The van der Waals surface area contributed by atoms with Gasteiger partial charge in [-0.2, -0.15) is 0 Å². The molecule has 0 saturated carbocycles. The first-order chi connectivity index (χ1) is 8.84. The van der Waals surface area contributed by atoms with Crippen molar-refractivity contribution in [3.05, 3.63) is 60.7 Å². The third kappa shape index (κ3) is 5.69. The summed E-state index contributed by atoms with van der Waals surface area (Å²) in [6, 6.07) is 19.4. The molecule has 2 aromatic rings. The second-order valence-corrected chi connectivity index (χ2v) is 4.18. The van der Waals surface area contributed by atoms with Gasteiger partial charge in [0, 0.05) is 12.4 Å². The minimum absolute atomic E-state index is 0. The van der Waals surface area contributed by atoms with E-state index in [2.05, 4.69) is 9.98 Å². The molecule has 2 nitrogen and oxygen atoms in total. The lowest BCUT2D eigenvalue weighted by atomic mass is 10.3. The smallest absolute Gasteiger partial charge is 0.104 e. The molecule has 0 saturated heterocycles. The fourth-order valence-electron chi connectivity index (χ4n) is 1.38. The van der Waals surface area contributed by atoms with Gasteiger partial charge < -0.3 is 0 Å². The molecule has 4 heteroatoms. The predicted molar refractivity (Wildman–Crippen MR) is 86.1 cm³/mol. The van der Waals surface area contributed by atoms with Crippen molar-refractivity contribution in [1.29, 1.82) is 0 Å². The van der Waals surface area contributed by atoms with E-state index in [1.165, 1.54) is 0 Å². The zero-order chi connectivity index (χ0) is 12.6. The minimum atomic E-state index is -0.314.